The average molecular weight is 411 g/mol. The van der Waals surface area contributed by atoms with Crippen LogP contribution in [-0.4, -0.2) is 62.7 Å². The lowest BCUT2D eigenvalue weighted by molar-refractivity contribution is -0.140. The summed E-state index contributed by atoms with van der Waals surface area (Å²) in [6.45, 7) is 4.36. The predicted octanol–water partition coefficient (Wildman–Crippen LogP) is 2.33. The number of para-hydroxylation sites is 1. The molecule has 3 heterocycles. The number of piperidine rings is 2. The maximum absolute atomic E-state index is 13.0. The van der Waals surface area contributed by atoms with E-state index in [0.29, 0.717) is 13.1 Å². The van der Waals surface area contributed by atoms with Crippen molar-refractivity contribution in [3.63, 3.8) is 0 Å². The van der Waals surface area contributed by atoms with Crippen LogP contribution in [0.3, 0.4) is 0 Å². The molecule has 160 valence electrons. The number of carbonyl (C=O) groups excluding carboxylic acids is 2. The SMILES string of the molecule is CC(=O)N1CCC(C(=O)N2CCC(c3c(CO)cnn3-c3ccccc3)CC2)CC1. The Hall–Kier alpha value is -2.67. The number of aromatic nitrogens is 2. The van der Waals surface area contributed by atoms with Crippen molar-refractivity contribution in [2.75, 3.05) is 26.2 Å². The van der Waals surface area contributed by atoms with Crippen LogP contribution in [0.5, 0.6) is 0 Å². The van der Waals surface area contributed by atoms with Gasteiger partial charge in [-0.2, -0.15) is 5.10 Å². The van der Waals surface area contributed by atoms with E-state index in [1.807, 2.05) is 44.8 Å². The van der Waals surface area contributed by atoms with Crippen molar-refractivity contribution in [2.24, 2.45) is 5.92 Å². The number of carbonyl (C=O) groups is 2. The number of likely N-dealkylation sites (tertiary alicyclic amines) is 2. The molecule has 30 heavy (non-hydrogen) atoms. The van der Waals surface area contributed by atoms with E-state index in [4.69, 9.17) is 0 Å². The Kier molecular flexibility index (Phi) is 6.18. The average Bonchev–Trinajstić information content (AvgIpc) is 3.23. The van der Waals surface area contributed by atoms with Gasteiger partial charge in [-0.3, -0.25) is 9.59 Å². The first kappa shape index (κ1) is 20.6. The van der Waals surface area contributed by atoms with Crippen molar-refractivity contribution in [1.29, 1.82) is 0 Å². The summed E-state index contributed by atoms with van der Waals surface area (Å²) in [5.74, 6) is 0.616. The summed E-state index contributed by atoms with van der Waals surface area (Å²) in [5, 5.41) is 14.4. The molecule has 2 fully saturated rings. The van der Waals surface area contributed by atoms with Gasteiger partial charge in [0.15, 0.2) is 0 Å². The van der Waals surface area contributed by atoms with Gasteiger partial charge in [-0.1, -0.05) is 18.2 Å². The van der Waals surface area contributed by atoms with Crippen LogP contribution in [0.1, 0.15) is 49.8 Å². The fourth-order valence-corrected chi connectivity index (χ4v) is 4.80. The van der Waals surface area contributed by atoms with Gasteiger partial charge >= 0.3 is 0 Å². The second-order valence-corrected chi connectivity index (χ2v) is 8.34. The molecule has 2 aromatic rings. The normalized spacial score (nSPS) is 18.6. The smallest absolute Gasteiger partial charge is 0.225 e. The van der Waals surface area contributed by atoms with Crippen molar-refractivity contribution in [1.82, 2.24) is 19.6 Å². The summed E-state index contributed by atoms with van der Waals surface area (Å²) in [5.41, 5.74) is 2.91. The third-order valence-corrected chi connectivity index (χ3v) is 6.54. The molecule has 0 radical (unpaired) electrons. The molecule has 2 amide bonds. The number of hydrogen-bond donors (Lipinski definition) is 1. The zero-order valence-electron chi connectivity index (χ0n) is 17.5. The highest BCUT2D eigenvalue weighted by molar-refractivity contribution is 5.80. The summed E-state index contributed by atoms with van der Waals surface area (Å²) in [6.07, 6.45) is 5.00. The highest BCUT2D eigenvalue weighted by Crippen LogP contribution is 2.33. The van der Waals surface area contributed by atoms with E-state index in [9.17, 15) is 14.7 Å². The number of hydrogen-bond acceptors (Lipinski definition) is 4. The molecule has 0 spiro atoms. The molecule has 4 rings (SSSR count). The molecular weight excluding hydrogens is 380 g/mol. The van der Waals surface area contributed by atoms with Crippen LogP contribution in [0.2, 0.25) is 0 Å². The molecule has 0 atom stereocenters. The first-order chi connectivity index (χ1) is 14.6. The first-order valence-electron chi connectivity index (χ1n) is 10.9. The Morgan fingerprint density at radius 2 is 1.63 bits per heavy atom. The molecule has 2 saturated heterocycles. The molecule has 0 bridgehead atoms. The van der Waals surface area contributed by atoms with Crippen molar-refractivity contribution in [3.05, 3.63) is 47.8 Å². The van der Waals surface area contributed by atoms with Gasteiger partial charge < -0.3 is 14.9 Å². The van der Waals surface area contributed by atoms with Crippen molar-refractivity contribution >= 4 is 11.8 Å². The van der Waals surface area contributed by atoms with Gasteiger partial charge in [0.2, 0.25) is 11.8 Å². The van der Waals surface area contributed by atoms with Gasteiger partial charge in [0.1, 0.15) is 0 Å². The fourth-order valence-electron chi connectivity index (χ4n) is 4.80. The van der Waals surface area contributed by atoms with Gasteiger partial charge in [0.05, 0.1) is 24.2 Å². The summed E-state index contributed by atoms with van der Waals surface area (Å²) < 4.78 is 1.94. The lowest BCUT2D eigenvalue weighted by atomic mass is 9.89. The molecule has 2 aliphatic heterocycles. The Balaban J connectivity index is 1.41. The van der Waals surface area contributed by atoms with E-state index in [2.05, 4.69) is 5.10 Å². The maximum Gasteiger partial charge on any atom is 0.225 e. The van der Waals surface area contributed by atoms with Crippen LogP contribution >= 0.6 is 0 Å². The van der Waals surface area contributed by atoms with Gasteiger partial charge in [-0.15, -0.1) is 0 Å². The largest absolute Gasteiger partial charge is 0.392 e. The highest BCUT2D eigenvalue weighted by Gasteiger charge is 2.33. The number of amides is 2. The second-order valence-electron chi connectivity index (χ2n) is 8.34. The number of benzene rings is 1. The lowest BCUT2D eigenvalue weighted by Crippen LogP contribution is -2.46. The third-order valence-electron chi connectivity index (χ3n) is 6.54. The van der Waals surface area contributed by atoms with Crippen LogP contribution in [-0.2, 0) is 16.2 Å². The van der Waals surface area contributed by atoms with Crippen LogP contribution in [0.25, 0.3) is 5.69 Å². The minimum Gasteiger partial charge on any atom is -0.392 e. The van der Waals surface area contributed by atoms with Gasteiger partial charge in [-0.25, -0.2) is 4.68 Å². The molecule has 1 N–H and O–H groups in total. The zero-order valence-corrected chi connectivity index (χ0v) is 17.5. The van der Waals surface area contributed by atoms with E-state index < -0.39 is 0 Å². The summed E-state index contributed by atoms with van der Waals surface area (Å²) in [4.78, 5) is 28.3. The molecule has 7 nitrogen and oxygen atoms in total. The molecule has 1 aromatic heterocycles. The van der Waals surface area contributed by atoms with E-state index in [-0.39, 0.29) is 30.3 Å². The molecular formula is C23H30N4O3. The van der Waals surface area contributed by atoms with Gasteiger partial charge in [0.25, 0.3) is 0 Å². The number of nitrogens with zero attached hydrogens (tertiary/aromatic N) is 4. The number of aliphatic hydroxyl groups excluding tert-OH is 1. The van der Waals surface area contributed by atoms with E-state index in [1.165, 1.54) is 0 Å². The Labute approximate surface area is 177 Å². The maximum atomic E-state index is 13.0. The monoisotopic (exact) mass is 410 g/mol. The van der Waals surface area contributed by atoms with Gasteiger partial charge in [-0.05, 0) is 37.8 Å². The minimum absolute atomic E-state index is 0.0278. The second kappa shape index (κ2) is 9.00. The number of rotatable bonds is 4. The van der Waals surface area contributed by atoms with Crippen LogP contribution < -0.4 is 0 Å². The van der Waals surface area contributed by atoms with Crippen LogP contribution in [0.15, 0.2) is 36.5 Å². The zero-order chi connectivity index (χ0) is 21.1. The Morgan fingerprint density at radius 3 is 2.23 bits per heavy atom. The van der Waals surface area contributed by atoms with Crippen molar-refractivity contribution in [2.45, 2.75) is 45.1 Å². The quantitative estimate of drug-likeness (QED) is 0.839. The summed E-state index contributed by atoms with van der Waals surface area (Å²) in [7, 11) is 0. The molecule has 2 aliphatic rings. The summed E-state index contributed by atoms with van der Waals surface area (Å²) in [6, 6.07) is 9.98. The van der Waals surface area contributed by atoms with Crippen LogP contribution in [0.4, 0.5) is 0 Å². The summed E-state index contributed by atoms with van der Waals surface area (Å²) >= 11 is 0. The predicted molar refractivity (Wildman–Crippen MR) is 113 cm³/mol. The van der Waals surface area contributed by atoms with E-state index >= 15 is 0 Å². The van der Waals surface area contributed by atoms with Crippen molar-refractivity contribution in [3.8, 4) is 5.69 Å². The van der Waals surface area contributed by atoms with E-state index in [1.54, 1.807) is 13.1 Å². The standard InChI is InChI=1S/C23H30N4O3/c1-17(29)25-11-9-19(10-12-25)23(30)26-13-7-18(8-14-26)22-20(16-28)15-24-27(22)21-5-3-2-4-6-21/h2-6,15,18-19,28H,7-14,16H2,1H3. The topological polar surface area (TPSA) is 78.7 Å². The van der Waals surface area contributed by atoms with E-state index in [0.717, 1.165) is 55.7 Å². The molecule has 0 saturated carbocycles. The Morgan fingerprint density at radius 1 is 1.00 bits per heavy atom. The lowest BCUT2D eigenvalue weighted by Gasteiger charge is -2.37. The minimum atomic E-state index is -0.0317. The number of aliphatic hydroxyl groups is 1. The van der Waals surface area contributed by atoms with Crippen molar-refractivity contribution < 1.29 is 14.7 Å². The van der Waals surface area contributed by atoms with Gasteiger partial charge in [0, 0.05) is 50.5 Å². The third kappa shape index (κ3) is 4.12. The molecule has 0 unspecified atom stereocenters. The Bertz CT molecular complexity index is 879. The fraction of sp³-hybridized carbons (Fsp3) is 0.522. The highest BCUT2D eigenvalue weighted by atomic mass is 16.3. The van der Waals surface area contributed by atoms with Crippen LogP contribution in [0, 0.1) is 5.92 Å². The molecule has 1 aromatic carbocycles. The first-order valence-corrected chi connectivity index (χ1v) is 10.9. The molecule has 7 heteroatoms. The molecule has 0 aliphatic carbocycles.